The maximum Gasteiger partial charge on any atom is 0.257 e. The minimum absolute atomic E-state index is 0.0315. The third-order valence-electron chi connectivity index (χ3n) is 2.88. The van der Waals surface area contributed by atoms with Crippen LogP contribution >= 0.6 is 15.9 Å². The summed E-state index contributed by atoms with van der Waals surface area (Å²) in [5, 5.41) is 0. The summed E-state index contributed by atoms with van der Waals surface area (Å²) >= 11 is 3.19. The van der Waals surface area contributed by atoms with Crippen LogP contribution in [0.2, 0.25) is 0 Å². The van der Waals surface area contributed by atoms with Gasteiger partial charge in [0.2, 0.25) is 0 Å². The Labute approximate surface area is 103 Å². The van der Waals surface area contributed by atoms with Gasteiger partial charge in [0, 0.05) is 26.3 Å². The van der Waals surface area contributed by atoms with Crippen molar-refractivity contribution in [3.63, 3.8) is 0 Å². The quantitative estimate of drug-likeness (QED) is 0.838. The molecule has 1 aromatic heterocycles. The lowest BCUT2D eigenvalue weighted by atomic mass is 10.1. The highest BCUT2D eigenvalue weighted by Crippen LogP contribution is 2.19. The van der Waals surface area contributed by atoms with E-state index in [9.17, 15) is 4.79 Å². The highest BCUT2D eigenvalue weighted by Gasteiger charge is 2.24. The van der Waals surface area contributed by atoms with E-state index in [0.29, 0.717) is 16.3 Å². The van der Waals surface area contributed by atoms with Crippen LogP contribution in [0.3, 0.4) is 0 Å². The third-order valence-corrected chi connectivity index (χ3v) is 3.29. The second kappa shape index (κ2) is 5.01. The Kier molecular flexibility index (Phi) is 3.66. The van der Waals surface area contributed by atoms with Crippen molar-refractivity contribution >= 4 is 21.8 Å². The Hall–Kier alpha value is -0.810. The van der Waals surface area contributed by atoms with Gasteiger partial charge in [-0.05, 0) is 28.8 Å². The molecule has 1 aliphatic heterocycles. The minimum Gasteiger partial charge on any atom is -0.457 e. The van der Waals surface area contributed by atoms with E-state index in [-0.39, 0.29) is 5.91 Å². The summed E-state index contributed by atoms with van der Waals surface area (Å²) in [4.78, 5) is 13.9. The Balaban J connectivity index is 1.96. The number of nitrogens with zero attached hydrogens (tertiary/aromatic N) is 1. The standard InChI is InChI=1S/C11H14BrNO3/c1-15-9-2-4-13(5-3-9)11(14)8-6-10(12)16-7-8/h6-7,9H,2-5H2,1H3. The normalized spacial score (nSPS) is 17.8. The number of likely N-dealkylation sites (tertiary alicyclic amines) is 1. The van der Waals surface area contributed by atoms with Crippen LogP contribution in [0.25, 0.3) is 0 Å². The number of hydrogen-bond donors (Lipinski definition) is 0. The van der Waals surface area contributed by atoms with Crippen LogP contribution in [-0.4, -0.2) is 37.1 Å². The molecule has 1 aromatic rings. The Morgan fingerprint density at radius 2 is 2.25 bits per heavy atom. The van der Waals surface area contributed by atoms with Crippen molar-refractivity contribution in [1.29, 1.82) is 0 Å². The van der Waals surface area contributed by atoms with E-state index in [2.05, 4.69) is 15.9 Å². The molecule has 0 N–H and O–H groups in total. The monoisotopic (exact) mass is 287 g/mol. The predicted octanol–water partition coefficient (Wildman–Crippen LogP) is 2.29. The molecule has 1 fully saturated rings. The van der Waals surface area contributed by atoms with Crippen molar-refractivity contribution in [2.45, 2.75) is 18.9 Å². The van der Waals surface area contributed by atoms with Gasteiger partial charge in [0.15, 0.2) is 4.67 Å². The second-order valence-corrected chi connectivity index (χ2v) is 4.65. The average molecular weight is 288 g/mol. The average Bonchev–Trinajstić information content (AvgIpc) is 2.75. The van der Waals surface area contributed by atoms with Crippen molar-refractivity contribution in [2.24, 2.45) is 0 Å². The number of ether oxygens (including phenoxy) is 1. The first-order chi connectivity index (χ1) is 7.70. The zero-order valence-corrected chi connectivity index (χ0v) is 10.7. The molecular weight excluding hydrogens is 274 g/mol. The maximum atomic E-state index is 12.0. The van der Waals surface area contributed by atoms with Crippen LogP contribution in [0.4, 0.5) is 0 Å². The lowest BCUT2D eigenvalue weighted by molar-refractivity contribution is 0.0350. The molecule has 0 aliphatic carbocycles. The molecule has 88 valence electrons. The number of piperidine rings is 1. The van der Waals surface area contributed by atoms with Crippen molar-refractivity contribution in [1.82, 2.24) is 4.90 Å². The highest BCUT2D eigenvalue weighted by atomic mass is 79.9. The number of rotatable bonds is 2. The molecule has 2 heterocycles. The topological polar surface area (TPSA) is 42.7 Å². The van der Waals surface area contributed by atoms with Crippen molar-refractivity contribution in [3.05, 3.63) is 22.6 Å². The second-order valence-electron chi connectivity index (χ2n) is 3.87. The van der Waals surface area contributed by atoms with Crippen LogP contribution < -0.4 is 0 Å². The van der Waals surface area contributed by atoms with Gasteiger partial charge in [-0.1, -0.05) is 0 Å². The van der Waals surface area contributed by atoms with Gasteiger partial charge in [-0.2, -0.15) is 0 Å². The highest BCUT2D eigenvalue weighted by molar-refractivity contribution is 9.10. The van der Waals surface area contributed by atoms with E-state index < -0.39 is 0 Å². The van der Waals surface area contributed by atoms with E-state index >= 15 is 0 Å². The van der Waals surface area contributed by atoms with Gasteiger partial charge >= 0.3 is 0 Å². The van der Waals surface area contributed by atoms with Crippen molar-refractivity contribution in [3.8, 4) is 0 Å². The van der Waals surface area contributed by atoms with Crippen LogP contribution in [0, 0.1) is 0 Å². The van der Waals surface area contributed by atoms with Crippen molar-refractivity contribution < 1.29 is 13.9 Å². The summed E-state index contributed by atoms with van der Waals surface area (Å²) in [5.74, 6) is 0.0315. The number of halogens is 1. The molecule has 16 heavy (non-hydrogen) atoms. The van der Waals surface area contributed by atoms with E-state index in [0.717, 1.165) is 25.9 Å². The first-order valence-corrected chi connectivity index (χ1v) is 6.06. The first-order valence-electron chi connectivity index (χ1n) is 5.27. The maximum absolute atomic E-state index is 12.0. The summed E-state index contributed by atoms with van der Waals surface area (Å²) in [7, 11) is 1.72. The van der Waals surface area contributed by atoms with E-state index in [1.165, 1.54) is 6.26 Å². The lowest BCUT2D eigenvalue weighted by Gasteiger charge is -2.30. The zero-order chi connectivity index (χ0) is 11.5. The molecular formula is C11H14BrNO3. The number of carbonyl (C=O) groups excluding carboxylic acids is 1. The fourth-order valence-corrected chi connectivity index (χ4v) is 2.24. The molecule has 0 unspecified atom stereocenters. The molecule has 0 bridgehead atoms. The molecule has 1 saturated heterocycles. The Morgan fingerprint density at radius 1 is 1.56 bits per heavy atom. The number of carbonyl (C=O) groups is 1. The third kappa shape index (κ3) is 2.47. The van der Waals surface area contributed by atoms with Gasteiger partial charge in [0.1, 0.15) is 6.26 Å². The van der Waals surface area contributed by atoms with Crippen molar-refractivity contribution in [2.75, 3.05) is 20.2 Å². The fraction of sp³-hybridized carbons (Fsp3) is 0.545. The Bertz CT molecular complexity index is 369. The molecule has 5 heteroatoms. The smallest absolute Gasteiger partial charge is 0.257 e. The first kappa shape index (κ1) is 11.7. The van der Waals surface area contributed by atoms with Gasteiger partial charge in [-0.3, -0.25) is 4.79 Å². The molecule has 0 radical (unpaired) electrons. The van der Waals surface area contributed by atoms with Gasteiger partial charge in [-0.25, -0.2) is 0 Å². The summed E-state index contributed by atoms with van der Waals surface area (Å²) in [6.45, 7) is 1.50. The molecule has 2 rings (SSSR count). The SMILES string of the molecule is COC1CCN(C(=O)c2coc(Br)c2)CC1. The van der Waals surface area contributed by atoms with Gasteiger partial charge < -0.3 is 14.1 Å². The number of amides is 1. The van der Waals surface area contributed by atoms with Crippen LogP contribution in [0.15, 0.2) is 21.4 Å². The largest absolute Gasteiger partial charge is 0.457 e. The van der Waals surface area contributed by atoms with E-state index in [1.54, 1.807) is 13.2 Å². The Morgan fingerprint density at radius 3 is 2.75 bits per heavy atom. The lowest BCUT2D eigenvalue weighted by Crippen LogP contribution is -2.40. The molecule has 1 amide bonds. The van der Waals surface area contributed by atoms with Gasteiger partial charge in [0.25, 0.3) is 5.91 Å². The molecule has 4 nitrogen and oxygen atoms in total. The fourth-order valence-electron chi connectivity index (χ4n) is 1.90. The summed E-state index contributed by atoms with van der Waals surface area (Å²) in [6, 6.07) is 1.70. The summed E-state index contributed by atoms with van der Waals surface area (Å²) < 4.78 is 10.9. The zero-order valence-electron chi connectivity index (χ0n) is 9.11. The summed E-state index contributed by atoms with van der Waals surface area (Å²) in [5.41, 5.74) is 0.600. The van der Waals surface area contributed by atoms with Gasteiger partial charge in [0.05, 0.1) is 11.7 Å². The molecule has 1 aliphatic rings. The number of hydrogen-bond acceptors (Lipinski definition) is 3. The van der Waals surface area contributed by atoms with E-state index in [1.807, 2.05) is 4.90 Å². The number of furan rings is 1. The molecule has 0 saturated carbocycles. The number of methoxy groups -OCH3 is 1. The van der Waals surface area contributed by atoms with Gasteiger partial charge in [-0.15, -0.1) is 0 Å². The molecule has 0 atom stereocenters. The summed E-state index contributed by atoms with van der Waals surface area (Å²) in [6.07, 6.45) is 3.58. The molecule has 0 aromatic carbocycles. The van der Waals surface area contributed by atoms with E-state index in [4.69, 9.17) is 9.15 Å². The predicted molar refractivity (Wildman–Crippen MR) is 62.3 cm³/mol. The van der Waals surface area contributed by atoms with Crippen LogP contribution in [0.1, 0.15) is 23.2 Å². The molecule has 0 spiro atoms. The van der Waals surface area contributed by atoms with Crippen LogP contribution in [-0.2, 0) is 4.74 Å². The minimum atomic E-state index is 0.0315. The van der Waals surface area contributed by atoms with Crippen LogP contribution in [0.5, 0.6) is 0 Å².